The highest BCUT2D eigenvalue weighted by Gasteiger charge is 2.21. The van der Waals surface area contributed by atoms with Gasteiger partial charge in [0.15, 0.2) is 17.3 Å². The van der Waals surface area contributed by atoms with E-state index >= 15 is 0 Å². The fraction of sp³-hybridized carbons (Fsp3) is 0.286. The molecule has 5 rings (SSSR count). The molecule has 1 amide bonds. The highest BCUT2D eigenvalue weighted by molar-refractivity contribution is 5.90. The fourth-order valence-electron chi connectivity index (χ4n) is 4.58. The van der Waals surface area contributed by atoms with Gasteiger partial charge in [0.2, 0.25) is 11.9 Å². The predicted molar refractivity (Wildman–Crippen MR) is 147 cm³/mol. The number of pyridine rings is 1. The minimum absolute atomic E-state index is 0.00531. The minimum Gasteiger partial charge on any atom is -0.493 e. The third-order valence-corrected chi connectivity index (χ3v) is 6.62. The van der Waals surface area contributed by atoms with Crippen LogP contribution in [0, 0.1) is 0 Å². The molecule has 0 radical (unpaired) electrons. The van der Waals surface area contributed by atoms with E-state index in [1.807, 2.05) is 41.3 Å². The van der Waals surface area contributed by atoms with Crippen molar-refractivity contribution >= 4 is 28.7 Å². The van der Waals surface area contributed by atoms with E-state index in [4.69, 9.17) is 20.2 Å². The fourth-order valence-corrected chi connectivity index (χ4v) is 4.58. The molecule has 196 valence electrons. The van der Waals surface area contributed by atoms with E-state index < -0.39 is 0 Å². The molecule has 1 aliphatic rings. The number of carbonyl (C=O) groups is 1. The average Bonchev–Trinajstić information content (AvgIpc) is 2.96. The number of fused-ring (bicyclic) bond motifs is 1. The molecule has 2 aromatic carbocycles. The predicted octanol–water partition coefficient (Wildman–Crippen LogP) is 3.05. The lowest BCUT2D eigenvalue weighted by Gasteiger charge is -2.34. The third kappa shape index (κ3) is 5.60. The third-order valence-electron chi connectivity index (χ3n) is 6.62. The van der Waals surface area contributed by atoms with E-state index in [1.165, 1.54) is 5.56 Å². The summed E-state index contributed by atoms with van der Waals surface area (Å²) in [6.45, 7) is 4.01. The van der Waals surface area contributed by atoms with Crippen LogP contribution in [0.1, 0.15) is 5.56 Å². The first-order chi connectivity index (χ1) is 18.5. The number of hydrogen-bond donors (Lipinski definition) is 2. The van der Waals surface area contributed by atoms with E-state index in [0.717, 1.165) is 25.2 Å². The van der Waals surface area contributed by atoms with Gasteiger partial charge >= 0.3 is 0 Å². The van der Waals surface area contributed by atoms with Gasteiger partial charge in [-0.15, -0.1) is 0 Å². The van der Waals surface area contributed by atoms with Crippen LogP contribution in [0.15, 0.2) is 60.7 Å². The number of nitrogens with zero attached hydrogens (tertiary/aromatic N) is 5. The summed E-state index contributed by atoms with van der Waals surface area (Å²) in [6.07, 6.45) is 0. The minimum atomic E-state index is 0.00531. The summed E-state index contributed by atoms with van der Waals surface area (Å²) < 4.78 is 10.8. The zero-order chi connectivity index (χ0) is 26.5. The lowest BCUT2D eigenvalue weighted by Crippen LogP contribution is -2.49. The zero-order valence-electron chi connectivity index (χ0n) is 21.6. The van der Waals surface area contributed by atoms with Crippen LogP contribution in [0.2, 0.25) is 0 Å². The molecule has 38 heavy (non-hydrogen) atoms. The van der Waals surface area contributed by atoms with Gasteiger partial charge in [0.25, 0.3) is 0 Å². The summed E-state index contributed by atoms with van der Waals surface area (Å²) in [5, 5.41) is 3.15. The lowest BCUT2D eigenvalue weighted by molar-refractivity contribution is -0.131. The molecule has 10 heteroatoms. The smallest absolute Gasteiger partial charge is 0.242 e. The van der Waals surface area contributed by atoms with Gasteiger partial charge in [-0.2, -0.15) is 4.98 Å². The number of amides is 1. The zero-order valence-corrected chi connectivity index (χ0v) is 21.6. The summed E-state index contributed by atoms with van der Waals surface area (Å²) in [6, 6.07) is 19.7. The van der Waals surface area contributed by atoms with Crippen molar-refractivity contribution in [3.05, 3.63) is 66.2 Å². The monoisotopic (exact) mass is 513 g/mol. The first-order valence-corrected chi connectivity index (χ1v) is 12.5. The molecule has 3 heterocycles. The van der Waals surface area contributed by atoms with Crippen LogP contribution < -0.4 is 20.5 Å². The molecular weight excluding hydrogens is 482 g/mol. The van der Waals surface area contributed by atoms with Crippen molar-refractivity contribution in [1.29, 1.82) is 0 Å². The van der Waals surface area contributed by atoms with Crippen molar-refractivity contribution in [3.8, 4) is 22.8 Å². The van der Waals surface area contributed by atoms with Crippen LogP contribution in [0.4, 0.5) is 11.8 Å². The van der Waals surface area contributed by atoms with Gasteiger partial charge < -0.3 is 25.4 Å². The molecule has 10 nitrogen and oxygen atoms in total. The summed E-state index contributed by atoms with van der Waals surface area (Å²) in [5.41, 5.74) is 9.90. The highest BCUT2D eigenvalue weighted by atomic mass is 16.5. The Kier molecular flexibility index (Phi) is 7.50. The number of nitrogen functional groups attached to an aromatic ring is 1. The normalized spacial score (nSPS) is 13.9. The van der Waals surface area contributed by atoms with Gasteiger partial charge in [-0.1, -0.05) is 30.3 Å². The van der Waals surface area contributed by atoms with E-state index in [9.17, 15) is 4.79 Å². The Balaban J connectivity index is 1.27. The van der Waals surface area contributed by atoms with Crippen LogP contribution in [0.3, 0.4) is 0 Å². The Morgan fingerprint density at radius 1 is 0.921 bits per heavy atom. The number of piperazine rings is 1. The Morgan fingerprint density at radius 2 is 1.68 bits per heavy atom. The molecule has 0 atom stereocenters. The number of rotatable bonds is 8. The second kappa shape index (κ2) is 11.3. The standard InChI is InChI=1S/C28H31N7O3/c1-37-23-11-8-20(16-24(23)38-2)21-9-10-22-26(31-21)27(33-28(29)32-22)30-17-25(36)35-14-12-34(13-15-35)18-19-6-4-3-5-7-19/h3-11,16H,12-15,17-18H2,1-2H3,(H3,29,30,32,33). The quantitative estimate of drug-likeness (QED) is 0.366. The van der Waals surface area contributed by atoms with Crippen molar-refractivity contribution in [1.82, 2.24) is 24.8 Å². The molecule has 0 unspecified atom stereocenters. The second-order valence-corrected chi connectivity index (χ2v) is 9.06. The van der Waals surface area contributed by atoms with Crippen molar-refractivity contribution in [3.63, 3.8) is 0 Å². The summed E-state index contributed by atoms with van der Waals surface area (Å²) in [7, 11) is 3.19. The van der Waals surface area contributed by atoms with Gasteiger partial charge in [-0.3, -0.25) is 9.69 Å². The second-order valence-electron chi connectivity index (χ2n) is 9.06. The Bertz CT molecular complexity index is 1420. The molecule has 0 aliphatic carbocycles. The summed E-state index contributed by atoms with van der Waals surface area (Å²) >= 11 is 0. The van der Waals surface area contributed by atoms with Crippen LogP contribution in [-0.2, 0) is 11.3 Å². The van der Waals surface area contributed by atoms with Crippen molar-refractivity contribution in [2.45, 2.75) is 6.54 Å². The van der Waals surface area contributed by atoms with Crippen LogP contribution in [0.5, 0.6) is 11.5 Å². The van der Waals surface area contributed by atoms with Gasteiger partial charge in [0, 0.05) is 38.3 Å². The molecule has 0 bridgehead atoms. The SMILES string of the molecule is COc1ccc(-c2ccc3nc(N)nc(NCC(=O)N4CCN(Cc5ccccc5)CC4)c3n2)cc1OC. The number of carbonyl (C=O) groups excluding carboxylic acids is 1. The number of anilines is 2. The number of nitrogens with one attached hydrogen (secondary N) is 1. The highest BCUT2D eigenvalue weighted by Crippen LogP contribution is 2.32. The topological polar surface area (TPSA) is 119 Å². The van der Waals surface area contributed by atoms with Crippen molar-refractivity contribution in [2.75, 3.05) is 58.0 Å². The van der Waals surface area contributed by atoms with E-state index in [1.54, 1.807) is 14.2 Å². The van der Waals surface area contributed by atoms with Crippen LogP contribution in [0.25, 0.3) is 22.3 Å². The van der Waals surface area contributed by atoms with E-state index in [2.05, 4.69) is 44.5 Å². The van der Waals surface area contributed by atoms with E-state index in [0.29, 0.717) is 47.1 Å². The first kappa shape index (κ1) is 25.2. The molecule has 1 saturated heterocycles. The molecule has 1 aliphatic heterocycles. The van der Waals surface area contributed by atoms with Gasteiger partial charge in [-0.05, 0) is 35.9 Å². The number of ether oxygens (including phenoxy) is 2. The van der Waals surface area contributed by atoms with Crippen LogP contribution >= 0.6 is 0 Å². The number of hydrogen-bond acceptors (Lipinski definition) is 9. The first-order valence-electron chi connectivity index (χ1n) is 12.5. The molecule has 3 N–H and O–H groups in total. The van der Waals surface area contributed by atoms with Gasteiger partial charge in [-0.25, -0.2) is 9.97 Å². The Morgan fingerprint density at radius 3 is 2.42 bits per heavy atom. The summed E-state index contributed by atoms with van der Waals surface area (Å²) in [4.78, 5) is 30.7. The number of benzene rings is 2. The van der Waals surface area contributed by atoms with E-state index in [-0.39, 0.29) is 18.4 Å². The largest absolute Gasteiger partial charge is 0.493 e. The lowest BCUT2D eigenvalue weighted by atomic mass is 10.1. The molecule has 1 fully saturated rings. The number of aromatic nitrogens is 3. The van der Waals surface area contributed by atoms with Gasteiger partial charge in [0.1, 0.15) is 5.52 Å². The number of methoxy groups -OCH3 is 2. The maximum atomic E-state index is 13.0. The van der Waals surface area contributed by atoms with Crippen LogP contribution in [-0.4, -0.2) is 77.6 Å². The molecule has 4 aromatic rings. The molecule has 0 spiro atoms. The molecule has 0 saturated carbocycles. The van der Waals surface area contributed by atoms with Crippen molar-refractivity contribution < 1.29 is 14.3 Å². The van der Waals surface area contributed by atoms with Crippen molar-refractivity contribution in [2.24, 2.45) is 0 Å². The number of nitrogens with two attached hydrogens (primary N) is 1. The summed E-state index contributed by atoms with van der Waals surface area (Å²) in [5.74, 6) is 1.78. The average molecular weight is 514 g/mol. The van der Waals surface area contributed by atoms with Gasteiger partial charge in [0.05, 0.1) is 32.0 Å². The Labute approximate surface area is 221 Å². The molecular formula is C28H31N7O3. The maximum absolute atomic E-state index is 13.0. The molecule has 2 aromatic heterocycles. The maximum Gasteiger partial charge on any atom is 0.242 e. The Hall–Kier alpha value is -4.44.